The van der Waals surface area contributed by atoms with E-state index in [1.807, 2.05) is 30.6 Å². The first-order valence-corrected chi connectivity index (χ1v) is 14.2. The van der Waals surface area contributed by atoms with E-state index in [0.29, 0.717) is 18.0 Å². The topological polar surface area (TPSA) is 79.7 Å². The Hall–Kier alpha value is -3.84. The van der Waals surface area contributed by atoms with Crippen molar-refractivity contribution in [3.8, 4) is 22.5 Å². The lowest BCUT2D eigenvalue weighted by Crippen LogP contribution is -2.31. The van der Waals surface area contributed by atoms with E-state index in [1.54, 1.807) is 0 Å². The number of hydrogen-bond donors (Lipinski definition) is 1. The summed E-state index contributed by atoms with van der Waals surface area (Å²) in [5, 5.41) is 0. The third kappa shape index (κ3) is 5.50. The van der Waals surface area contributed by atoms with E-state index in [-0.39, 0.29) is 5.56 Å². The Morgan fingerprint density at radius 2 is 1.56 bits per heavy atom. The van der Waals surface area contributed by atoms with Gasteiger partial charge in [0.15, 0.2) is 0 Å². The average molecular weight is 521 g/mol. The van der Waals surface area contributed by atoms with Crippen molar-refractivity contribution >= 4 is 22.1 Å². The molecule has 7 heteroatoms. The van der Waals surface area contributed by atoms with Crippen LogP contribution in [0.15, 0.2) is 65.7 Å². The van der Waals surface area contributed by atoms with E-state index in [9.17, 15) is 4.79 Å². The van der Waals surface area contributed by atoms with Crippen LogP contribution in [-0.4, -0.2) is 49.0 Å². The number of rotatable bonds is 8. The van der Waals surface area contributed by atoms with E-state index < -0.39 is 0 Å². The summed E-state index contributed by atoms with van der Waals surface area (Å²) in [5.74, 6) is 1.31. The average Bonchev–Trinajstić information content (AvgIpc) is 3.30. The SMILES string of the molecule is CC(C)Cc1nc2cc3c(cc2[nH]c1=O)nc(-c1ccc(-c2ccncc2)cc1)n3CCCN1CCCCC1. The third-order valence-electron chi connectivity index (χ3n) is 7.69. The predicted octanol–water partition coefficient (Wildman–Crippen LogP) is 6.08. The van der Waals surface area contributed by atoms with E-state index in [2.05, 4.69) is 63.6 Å². The van der Waals surface area contributed by atoms with Crippen molar-refractivity contribution in [2.24, 2.45) is 5.92 Å². The standard InChI is InChI=1S/C32H36N6O/c1-22(2)19-29-32(39)36-26-20-28-30(21-27(26)34-29)38(18-6-17-37-15-4-3-5-16-37)31(35-28)25-9-7-23(8-10-25)24-11-13-33-14-12-24/h7-14,20-22H,3-6,15-19H2,1-2H3,(H,36,39). The Balaban J connectivity index is 1.40. The molecule has 7 nitrogen and oxygen atoms in total. The van der Waals surface area contributed by atoms with Crippen molar-refractivity contribution in [2.75, 3.05) is 19.6 Å². The fourth-order valence-corrected chi connectivity index (χ4v) is 5.71. The van der Waals surface area contributed by atoms with Crippen LogP contribution >= 0.6 is 0 Å². The zero-order valence-corrected chi connectivity index (χ0v) is 22.9. The van der Waals surface area contributed by atoms with Crippen LogP contribution in [0.25, 0.3) is 44.6 Å². The van der Waals surface area contributed by atoms with Gasteiger partial charge in [0, 0.05) is 24.5 Å². The summed E-state index contributed by atoms with van der Waals surface area (Å²) in [6.45, 7) is 8.60. The number of pyridine rings is 1. The molecule has 39 heavy (non-hydrogen) atoms. The minimum atomic E-state index is -0.108. The molecule has 0 amide bonds. The van der Waals surface area contributed by atoms with Gasteiger partial charge in [-0.25, -0.2) is 9.97 Å². The fraction of sp³-hybridized carbons (Fsp3) is 0.375. The van der Waals surface area contributed by atoms with E-state index in [4.69, 9.17) is 9.97 Å². The van der Waals surface area contributed by atoms with Gasteiger partial charge in [0.25, 0.3) is 5.56 Å². The lowest BCUT2D eigenvalue weighted by atomic mass is 10.0. The highest BCUT2D eigenvalue weighted by Gasteiger charge is 2.17. The summed E-state index contributed by atoms with van der Waals surface area (Å²) in [5.41, 5.74) is 7.35. The smallest absolute Gasteiger partial charge is 0.270 e. The molecule has 0 radical (unpaired) electrons. The van der Waals surface area contributed by atoms with E-state index in [0.717, 1.165) is 64.1 Å². The third-order valence-corrected chi connectivity index (χ3v) is 7.69. The maximum Gasteiger partial charge on any atom is 0.270 e. The molecule has 0 atom stereocenters. The summed E-state index contributed by atoms with van der Waals surface area (Å²) in [7, 11) is 0. The second-order valence-corrected chi connectivity index (χ2v) is 11.1. The van der Waals surface area contributed by atoms with Crippen molar-refractivity contribution in [1.82, 2.24) is 29.4 Å². The first-order valence-electron chi connectivity index (χ1n) is 14.2. The molecular formula is C32H36N6O. The van der Waals surface area contributed by atoms with Crippen LogP contribution in [0.5, 0.6) is 0 Å². The summed E-state index contributed by atoms with van der Waals surface area (Å²) >= 11 is 0. The number of H-pyrrole nitrogens is 1. The van der Waals surface area contributed by atoms with E-state index >= 15 is 0 Å². The van der Waals surface area contributed by atoms with Crippen LogP contribution in [0, 0.1) is 5.92 Å². The van der Waals surface area contributed by atoms with Crippen LogP contribution in [0.4, 0.5) is 0 Å². The Bertz CT molecular complexity index is 1630. The highest BCUT2D eigenvalue weighted by atomic mass is 16.1. The second kappa shape index (κ2) is 11.1. The number of hydrogen-bond acceptors (Lipinski definition) is 5. The van der Waals surface area contributed by atoms with Gasteiger partial charge in [0.05, 0.1) is 22.1 Å². The lowest BCUT2D eigenvalue weighted by Gasteiger charge is -2.26. The highest BCUT2D eigenvalue weighted by Crippen LogP contribution is 2.29. The van der Waals surface area contributed by atoms with E-state index in [1.165, 1.54) is 32.4 Å². The number of imidazole rings is 1. The van der Waals surface area contributed by atoms with Crippen LogP contribution in [-0.2, 0) is 13.0 Å². The van der Waals surface area contributed by atoms with Gasteiger partial charge in [0.2, 0.25) is 0 Å². The molecule has 1 aliphatic heterocycles. The molecule has 1 N–H and O–H groups in total. The number of fused-ring (bicyclic) bond motifs is 2. The van der Waals surface area contributed by atoms with Gasteiger partial charge in [-0.1, -0.05) is 44.5 Å². The molecule has 0 bridgehead atoms. The maximum atomic E-state index is 12.7. The van der Waals surface area contributed by atoms with Crippen molar-refractivity contribution in [1.29, 1.82) is 0 Å². The number of nitrogens with one attached hydrogen (secondary N) is 1. The Morgan fingerprint density at radius 1 is 0.846 bits per heavy atom. The Kier molecular flexibility index (Phi) is 7.24. The molecule has 0 unspecified atom stereocenters. The molecule has 1 saturated heterocycles. The zero-order valence-electron chi connectivity index (χ0n) is 22.9. The monoisotopic (exact) mass is 520 g/mol. The quantitative estimate of drug-likeness (QED) is 0.268. The number of aromatic amines is 1. The van der Waals surface area contributed by atoms with Gasteiger partial charge in [-0.15, -0.1) is 0 Å². The van der Waals surface area contributed by atoms with Crippen LogP contribution in [0.2, 0.25) is 0 Å². The molecule has 2 aromatic carbocycles. The summed E-state index contributed by atoms with van der Waals surface area (Å²) < 4.78 is 2.34. The number of aryl methyl sites for hydroxylation is 1. The summed E-state index contributed by atoms with van der Waals surface area (Å²) in [4.78, 5) is 32.4. The molecule has 0 aliphatic carbocycles. The highest BCUT2D eigenvalue weighted by molar-refractivity contribution is 5.93. The first kappa shape index (κ1) is 25.4. The summed E-state index contributed by atoms with van der Waals surface area (Å²) in [6.07, 6.45) is 9.32. The molecule has 1 aliphatic rings. The molecule has 0 saturated carbocycles. The molecule has 0 spiro atoms. The van der Waals surface area contributed by atoms with Gasteiger partial charge in [0.1, 0.15) is 11.5 Å². The van der Waals surface area contributed by atoms with Crippen LogP contribution < -0.4 is 5.56 Å². The maximum absolute atomic E-state index is 12.7. The Morgan fingerprint density at radius 3 is 2.31 bits per heavy atom. The van der Waals surface area contributed by atoms with Gasteiger partial charge >= 0.3 is 0 Å². The Labute approximate surface area is 229 Å². The number of aromatic nitrogens is 5. The molecule has 1 fully saturated rings. The number of piperidine rings is 1. The number of benzene rings is 2. The molecule has 5 aromatic rings. The van der Waals surface area contributed by atoms with Crippen molar-refractivity contribution in [2.45, 2.75) is 52.5 Å². The second-order valence-electron chi connectivity index (χ2n) is 11.1. The molecule has 6 rings (SSSR count). The summed E-state index contributed by atoms with van der Waals surface area (Å²) in [6, 6.07) is 16.7. The van der Waals surface area contributed by atoms with Crippen LogP contribution in [0.3, 0.4) is 0 Å². The van der Waals surface area contributed by atoms with Crippen molar-refractivity contribution in [3.05, 3.63) is 77.0 Å². The van der Waals surface area contributed by atoms with Gasteiger partial charge < -0.3 is 14.5 Å². The zero-order chi connectivity index (χ0) is 26.8. The first-order chi connectivity index (χ1) is 19.0. The largest absolute Gasteiger partial charge is 0.324 e. The molecule has 3 aromatic heterocycles. The molecular weight excluding hydrogens is 484 g/mol. The number of likely N-dealkylation sites (tertiary alicyclic amines) is 1. The fourth-order valence-electron chi connectivity index (χ4n) is 5.71. The van der Waals surface area contributed by atoms with Crippen LogP contribution in [0.1, 0.15) is 45.2 Å². The van der Waals surface area contributed by atoms with Crippen molar-refractivity contribution < 1.29 is 0 Å². The van der Waals surface area contributed by atoms with Gasteiger partial charge in [-0.3, -0.25) is 9.78 Å². The minimum Gasteiger partial charge on any atom is -0.324 e. The minimum absolute atomic E-state index is 0.108. The molecule has 4 heterocycles. The molecule has 200 valence electrons. The predicted molar refractivity (Wildman–Crippen MR) is 158 cm³/mol. The van der Waals surface area contributed by atoms with Gasteiger partial charge in [-0.2, -0.15) is 0 Å². The normalized spacial score (nSPS) is 14.5. The lowest BCUT2D eigenvalue weighted by molar-refractivity contribution is 0.223. The van der Waals surface area contributed by atoms with Crippen molar-refractivity contribution in [3.63, 3.8) is 0 Å². The number of nitrogens with zero attached hydrogens (tertiary/aromatic N) is 5. The van der Waals surface area contributed by atoms with Gasteiger partial charge in [-0.05, 0) is 86.6 Å².